The van der Waals surface area contributed by atoms with Gasteiger partial charge in [0.15, 0.2) is 0 Å². The Morgan fingerprint density at radius 2 is 1.44 bits per heavy atom. The van der Waals surface area contributed by atoms with E-state index in [0.717, 1.165) is 11.3 Å². The van der Waals surface area contributed by atoms with Gasteiger partial charge in [0, 0.05) is 19.9 Å². The van der Waals surface area contributed by atoms with Gasteiger partial charge in [-0.2, -0.15) is 4.99 Å². The molecule has 2 aromatic carbocycles. The maximum Gasteiger partial charge on any atom is 0.434 e. The highest BCUT2D eigenvalue weighted by Crippen LogP contribution is 2.31. The zero-order valence-electron chi connectivity index (χ0n) is 16.7. The van der Waals surface area contributed by atoms with Gasteiger partial charge >= 0.3 is 6.09 Å². The van der Waals surface area contributed by atoms with Crippen molar-refractivity contribution in [1.82, 2.24) is 0 Å². The van der Waals surface area contributed by atoms with Crippen LogP contribution in [0.4, 0.5) is 4.79 Å². The fourth-order valence-corrected chi connectivity index (χ4v) is 3.66. The maximum atomic E-state index is 12.3. The van der Waals surface area contributed by atoms with Crippen molar-refractivity contribution >= 4 is 17.5 Å². The molecule has 0 unspecified atom stereocenters. The van der Waals surface area contributed by atoms with Gasteiger partial charge in [0.25, 0.3) is 0 Å². The molecule has 140 valence electrons. The van der Waals surface area contributed by atoms with Crippen molar-refractivity contribution in [2.45, 2.75) is 47.1 Å². The third-order valence-electron chi connectivity index (χ3n) is 5.68. The molecule has 0 heterocycles. The Labute approximate surface area is 161 Å². The first-order chi connectivity index (χ1) is 12.9. The highest BCUT2D eigenvalue weighted by atomic mass is 16.5. The molecule has 0 saturated heterocycles. The van der Waals surface area contributed by atoms with Gasteiger partial charge in [-0.1, -0.05) is 30.3 Å². The van der Waals surface area contributed by atoms with Gasteiger partial charge in [-0.15, -0.1) is 0 Å². The van der Waals surface area contributed by atoms with E-state index in [-0.39, 0.29) is 6.61 Å². The SMILES string of the molecule is CN=C1Cc2c(C)c(C)c(C)c(C)c2CC1=NC(=O)OCc1ccccc1. The molecule has 0 fully saturated rings. The van der Waals surface area contributed by atoms with Gasteiger partial charge in [-0.05, 0) is 66.6 Å². The molecule has 3 rings (SSSR count). The first-order valence-corrected chi connectivity index (χ1v) is 9.24. The maximum absolute atomic E-state index is 12.3. The summed E-state index contributed by atoms with van der Waals surface area (Å²) in [7, 11) is 1.76. The third kappa shape index (κ3) is 3.85. The predicted molar refractivity (Wildman–Crippen MR) is 110 cm³/mol. The fraction of sp³-hybridized carbons (Fsp3) is 0.348. The number of aliphatic imine (C=N–C) groups is 2. The van der Waals surface area contributed by atoms with Crippen molar-refractivity contribution in [2.75, 3.05) is 7.05 Å². The molecular formula is C23H26N2O2. The minimum atomic E-state index is -0.559. The summed E-state index contributed by atoms with van der Waals surface area (Å²) in [5, 5.41) is 0. The molecule has 2 aromatic rings. The summed E-state index contributed by atoms with van der Waals surface area (Å²) in [5.41, 5.74) is 10.4. The van der Waals surface area contributed by atoms with E-state index in [0.29, 0.717) is 18.6 Å². The van der Waals surface area contributed by atoms with E-state index in [1.807, 2.05) is 30.3 Å². The Hall–Kier alpha value is -2.75. The molecule has 4 heteroatoms. The molecule has 0 spiro atoms. The summed E-state index contributed by atoms with van der Waals surface area (Å²) in [6.07, 6.45) is 0.775. The van der Waals surface area contributed by atoms with E-state index in [1.54, 1.807) is 7.05 Å². The third-order valence-corrected chi connectivity index (χ3v) is 5.68. The van der Waals surface area contributed by atoms with Gasteiger partial charge in [-0.3, -0.25) is 4.99 Å². The standard InChI is InChI=1S/C23H26N2O2/c1-14-15(2)17(4)20-12-22(21(24-5)11-19(20)16(14)3)25-23(26)27-13-18-9-7-6-8-10-18/h6-10H,11-13H2,1-5H3. The lowest BCUT2D eigenvalue weighted by Crippen LogP contribution is -2.29. The van der Waals surface area contributed by atoms with Crippen LogP contribution < -0.4 is 0 Å². The molecule has 0 bridgehead atoms. The van der Waals surface area contributed by atoms with E-state index in [1.165, 1.54) is 33.4 Å². The molecule has 0 atom stereocenters. The van der Waals surface area contributed by atoms with Gasteiger partial charge < -0.3 is 4.74 Å². The van der Waals surface area contributed by atoms with E-state index >= 15 is 0 Å². The molecule has 0 saturated carbocycles. The van der Waals surface area contributed by atoms with E-state index in [2.05, 4.69) is 37.7 Å². The number of ether oxygens (including phenoxy) is 1. The highest BCUT2D eigenvalue weighted by Gasteiger charge is 2.26. The molecule has 1 aliphatic rings. The molecule has 1 aliphatic carbocycles. The van der Waals surface area contributed by atoms with Gasteiger partial charge in [0.1, 0.15) is 6.61 Å². The Bertz CT molecular complexity index is 941. The Kier molecular flexibility index (Phi) is 5.54. The van der Waals surface area contributed by atoms with Crippen LogP contribution in [0, 0.1) is 27.7 Å². The Morgan fingerprint density at radius 1 is 0.889 bits per heavy atom. The molecule has 0 aliphatic heterocycles. The zero-order chi connectivity index (χ0) is 19.6. The van der Waals surface area contributed by atoms with Crippen LogP contribution in [0.2, 0.25) is 0 Å². The monoisotopic (exact) mass is 362 g/mol. The minimum absolute atomic E-state index is 0.224. The lowest BCUT2D eigenvalue weighted by atomic mass is 9.80. The largest absolute Gasteiger partial charge is 0.443 e. The van der Waals surface area contributed by atoms with Crippen molar-refractivity contribution in [3.63, 3.8) is 0 Å². The van der Waals surface area contributed by atoms with Crippen LogP contribution in [0.15, 0.2) is 40.3 Å². The number of nitrogens with zero attached hydrogens (tertiary/aromatic N) is 2. The number of hydrogen-bond acceptors (Lipinski definition) is 3. The van der Waals surface area contributed by atoms with E-state index < -0.39 is 6.09 Å². The van der Waals surface area contributed by atoms with Crippen LogP contribution >= 0.6 is 0 Å². The summed E-state index contributed by atoms with van der Waals surface area (Å²) in [6.45, 7) is 8.88. The lowest BCUT2D eigenvalue weighted by molar-refractivity contribution is 0.151. The second kappa shape index (κ2) is 7.87. The summed E-state index contributed by atoms with van der Waals surface area (Å²) in [4.78, 5) is 20.9. The number of rotatable bonds is 2. The van der Waals surface area contributed by atoms with Crippen molar-refractivity contribution in [2.24, 2.45) is 9.98 Å². The van der Waals surface area contributed by atoms with Gasteiger partial charge in [0.05, 0.1) is 11.4 Å². The minimum Gasteiger partial charge on any atom is -0.443 e. The van der Waals surface area contributed by atoms with E-state index in [4.69, 9.17) is 4.74 Å². The number of carbonyl (C=O) groups is 1. The molecular weight excluding hydrogens is 336 g/mol. The zero-order valence-corrected chi connectivity index (χ0v) is 16.7. The summed E-state index contributed by atoms with van der Waals surface area (Å²) < 4.78 is 5.33. The van der Waals surface area contributed by atoms with Crippen molar-refractivity contribution < 1.29 is 9.53 Å². The quantitative estimate of drug-likeness (QED) is 0.765. The summed E-state index contributed by atoms with van der Waals surface area (Å²) >= 11 is 0. The normalized spacial score (nSPS) is 16.5. The first-order valence-electron chi connectivity index (χ1n) is 9.24. The Balaban J connectivity index is 1.86. The Morgan fingerprint density at radius 3 is 2.00 bits per heavy atom. The molecule has 1 amide bonds. The van der Waals surface area contributed by atoms with Crippen LogP contribution in [0.5, 0.6) is 0 Å². The fourth-order valence-electron chi connectivity index (χ4n) is 3.66. The van der Waals surface area contributed by atoms with Crippen LogP contribution in [0.25, 0.3) is 0 Å². The van der Waals surface area contributed by atoms with Crippen molar-refractivity contribution in [3.05, 3.63) is 69.3 Å². The number of benzene rings is 2. The number of hydrogen-bond donors (Lipinski definition) is 0. The smallest absolute Gasteiger partial charge is 0.434 e. The lowest BCUT2D eigenvalue weighted by Gasteiger charge is -2.26. The summed E-state index contributed by atoms with van der Waals surface area (Å²) in [6, 6.07) is 9.62. The average Bonchev–Trinajstić information content (AvgIpc) is 2.69. The number of carbonyl (C=O) groups excluding carboxylic acids is 1. The number of amides is 1. The molecule has 0 radical (unpaired) electrons. The van der Waals surface area contributed by atoms with E-state index in [9.17, 15) is 4.79 Å². The first kappa shape index (κ1) is 19.0. The second-order valence-electron chi connectivity index (χ2n) is 7.08. The average molecular weight is 362 g/mol. The van der Waals surface area contributed by atoms with Gasteiger partial charge in [0.2, 0.25) is 0 Å². The van der Waals surface area contributed by atoms with Crippen LogP contribution in [-0.2, 0) is 24.2 Å². The topological polar surface area (TPSA) is 51.0 Å². The number of fused-ring (bicyclic) bond motifs is 1. The van der Waals surface area contributed by atoms with Crippen LogP contribution in [0.1, 0.15) is 38.9 Å². The van der Waals surface area contributed by atoms with Crippen LogP contribution in [0.3, 0.4) is 0 Å². The highest BCUT2D eigenvalue weighted by molar-refractivity contribution is 6.45. The summed E-state index contributed by atoms with van der Waals surface area (Å²) in [5.74, 6) is 0. The van der Waals surface area contributed by atoms with Crippen LogP contribution in [-0.4, -0.2) is 24.6 Å². The predicted octanol–water partition coefficient (Wildman–Crippen LogP) is 4.87. The second-order valence-corrected chi connectivity index (χ2v) is 7.08. The van der Waals surface area contributed by atoms with Crippen molar-refractivity contribution in [3.8, 4) is 0 Å². The molecule has 0 aromatic heterocycles. The molecule has 27 heavy (non-hydrogen) atoms. The van der Waals surface area contributed by atoms with Gasteiger partial charge in [-0.25, -0.2) is 4.79 Å². The molecule has 0 N–H and O–H groups in total. The van der Waals surface area contributed by atoms with Crippen molar-refractivity contribution in [1.29, 1.82) is 0 Å². The molecule has 4 nitrogen and oxygen atoms in total.